The second kappa shape index (κ2) is 8.95. The predicted molar refractivity (Wildman–Crippen MR) is 70.1 cm³/mol. The van der Waals surface area contributed by atoms with Gasteiger partial charge in [-0.2, -0.15) is 0 Å². The zero-order chi connectivity index (χ0) is 14.0. The molecule has 0 saturated carbocycles. The molecule has 0 aliphatic heterocycles. The third-order valence-electron chi connectivity index (χ3n) is 2.22. The lowest BCUT2D eigenvalue weighted by molar-refractivity contribution is -0.156. The monoisotopic (exact) mass is 258 g/mol. The molecule has 0 spiro atoms. The van der Waals surface area contributed by atoms with Gasteiger partial charge in [0.25, 0.3) is 0 Å². The van der Waals surface area contributed by atoms with Crippen LogP contribution >= 0.6 is 0 Å². The second-order valence-electron chi connectivity index (χ2n) is 5.68. The van der Waals surface area contributed by atoms with Gasteiger partial charge < -0.3 is 9.47 Å². The van der Waals surface area contributed by atoms with E-state index in [1.165, 1.54) is 0 Å². The molecule has 4 heteroatoms. The van der Waals surface area contributed by atoms with Crippen LogP contribution in [0.15, 0.2) is 0 Å². The van der Waals surface area contributed by atoms with Crippen LogP contribution in [0.5, 0.6) is 0 Å². The number of hydrogen-bond acceptors (Lipinski definition) is 4. The van der Waals surface area contributed by atoms with E-state index in [0.717, 1.165) is 25.7 Å². The van der Waals surface area contributed by atoms with Crippen molar-refractivity contribution in [1.29, 1.82) is 0 Å². The summed E-state index contributed by atoms with van der Waals surface area (Å²) < 4.78 is 9.93. The summed E-state index contributed by atoms with van der Waals surface area (Å²) >= 11 is 0. The van der Waals surface area contributed by atoms with E-state index in [-0.39, 0.29) is 11.8 Å². The van der Waals surface area contributed by atoms with Gasteiger partial charge in [-0.25, -0.2) is 0 Å². The first-order chi connectivity index (χ1) is 8.35. The van der Waals surface area contributed by atoms with Crippen LogP contribution in [0.1, 0.15) is 59.8 Å². The molecule has 0 saturated heterocycles. The molecule has 0 aromatic carbocycles. The van der Waals surface area contributed by atoms with Gasteiger partial charge in [-0.05, 0) is 11.8 Å². The largest absolute Gasteiger partial charge is 0.465 e. The molecule has 0 aliphatic rings. The Balaban J connectivity index is 3.59. The Morgan fingerprint density at radius 2 is 1.56 bits per heavy atom. The van der Waals surface area contributed by atoms with Crippen molar-refractivity contribution in [2.75, 3.05) is 13.2 Å². The average Bonchev–Trinajstić information content (AvgIpc) is 2.25. The highest BCUT2D eigenvalue weighted by atomic mass is 16.6. The lowest BCUT2D eigenvalue weighted by Gasteiger charge is -2.17. The minimum atomic E-state index is -0.511. The number of rotatable bonds is 8. The van der Waals surface area contributed by atoms with Crippen molar-refractivity contribution < 1.29 is 19.1 Å². The van der Waals surface area contributed by atoms with E-state index >= 15 is 0 Å². The zero-order valence-corrected chi connectivity index (χ0v) is 12.1. The first-order valence-electron chi connectivity index (χ1n) is 6.66. The Morgan fingerprint density at radius 1 is 0.944 bits per heavy atom. The van der Waals surface area contributed by atoms with Gasteiger partial charge in [0, 0.05) is 0 Å². The fourth-order valence-electron chi connectivity index (χ4n) is 1.23. The number of carbonyl (C=O) groups excluding carboxylic acids is 2. The molecule has 0 unspecified atom stereocenters. The summed E-state index contributed by atoms with van der Waals surface area (Å²) in [5.74, 6) is -1.01. The Hall–Kier alpha value is -1.06. The number of carbonyl (C=O) groups is 2. The van der Waals surface area contributed by atoms with Crippen molar-refractivity contribution in [3.8, 4) is 0 Å². The summed E-state index contributed by atoms with van der Waals surface area (Å²) in [5, 5.41) is 0. The van der Waals surface area contributed by atoms with E-state index in [4.69, 9.17) is 9.47 Å². The minimum Gasteiger partial charge on any atom is -0.465 e. The average molecular weight is 258 g/mol. The van der Waals surface area contributed by atoms with Crippen LogP contribution in [0.3, 0.4) is 0 Å². The summed E-state index contributed by atoms with van der Waals surface area (Å²) in [4.78, 5) is 22.6. The van der Waals surface area contributed by atoms with Gasteiger partial charge in [-0.3, -0.25) is 9.59 Å². The summed E-state index contributed by atoms with van der Waals surface area (Å²) in [7, 11) is 0. The van der Waals surface area contributed by atoms with Crippen LogP contribution in [0.4, 0.5) is 0 Å². The Kier molecular flexibility index (Phi) is 8.42. The van der Waals surface area contributed by atoms with Gasteiger partial charge in [-0.15, -0.1) is 0 Å². The predicted octanol–water partition coefficient (Wildman–Crippen LogP) is 3.09. The number of ether oxygens (including phenoxy) is 2. The van der Waals surface area contributed by atoms with Crippen molar-refractivity contribution in [1.82, 2.24) is 0 Å². The molecule has 0 atom stereocenters. The molecule has 0 bridgehead atoms. The van der Waals surface area contributed by atoms with Crippen LogP contribution in [0.2, 0.25) is 0 Å². The van der Waals surface area contributed by atoms with Gasteiger partial charge in [0.2, 0.25) is 0 Å². The molecule has 0 aromatic heterocycles. The molecule has 0 aliphatic carbocycles. The maximum absolute atomic E-state index is 11.3. The Bertz CT molecular complexity index is 253. The van der Waals surface area contributed by atoms with Crippen molar-refractivity contribution >= 4 is 11.9 Å². The molecule has 0 N–H and O–H groups in total. The van der Waals surface area contributed by atoms with E-state index in [1.807, 2.05) is 20.8 Å². The minimum absolute atomic E-state index is 0.0836. The van der Waals surface area contributed by atoms with Gasteiger partial charge in [0.1, 0.15) is 6.42 Å². The number of hydrogen-bond donors (Lipinski definition) is 0. The van der Waals surface area contributed by atoms with Gasteiger partial charge in [0.15, 0.2) is 0 Å². The Morgan fingerprint density at radius 3 is 2.11 bits per heavy atom. The van der Waals surface area contributed by atoms with Crippen LogP contribution < -0.4 is 0 Å². The van der Waals surface area contributed by atoms with Crippen molar-refractivity contribution in [3.05, 3.63) is 0 Å². The van der Waals surface area contributed by atoms with Crippen LogP contribution in [0.25, 0.3) is 0 Å². The van der Waals surface area contributed by atoms with Gasteiger partial charge in [-0.1, -0.05) is 47.0 Å². The van der Waals surface area contributed by atoms with Crippen LogP contribution in [-0.4, -0.2) is 25.2 Å². The second-order valence-corrected chi connectivity index (χ2v) is 5.68. The molecule has 4 nitrogen and oxygen atoms in total. The summed E-state index contributed by atoms with van der Waals surface area (Å²) in [6, 6.07) is 0. The molecule has 0 heterocycles. The molecular formula is C14H26O4. The standard InChI is InChI=1S/C14H26O4/c1-5-6-7-8-9-17-12(15)10-13(16)18-11-14(2,3)4/h5-11H2,1-4H3. The summed E-state index contributed by atoms with van der Waals surface area (Å²) in [6.07, 6.45) is 3.91. The topological polar surface area (TPSA) is 52.6 Å². The maximum Gasteiger partial charge on any atom is 0.317 e. The Labute approximate surface area is 110 Å². The maximum atomic E-state index is 11.3. The van der Waals surface area contributed by atoms with Crippen LogP contribution in [-0.2, 0) is 19.1 Å². The molecule has 18 heavy (non-hydrogen) atoms. The summed E-state index contributed by atoms with van der Waals surface area (Å²) in [5.41, 5.74) is -0.0836. The molecule has 106 valence electrons. The van der Waals surface area contributed by atoms with E-state index < -0.39 is 11.9 Å². The lowest BCUT2D eigenvalue weighted by atomic mass is 9.99. The molecule has 0 amide bonds. The van der Waals surface area contributed by atoms with Gasteiger partial charge in [0.05, 0.1) is 13.2 Å². The fourth-order valence-corrected chi connectivity index (χ4v) is 1.23. The third kappa shape index (κ3) is 11.4. The smallest absolute Gasteiger partial charge is 0.317 e. The highest BCUT2D eigenvalue weighted by Crippen LogP contribution is 2.13. The highest BCUT2D eigenvalue weighted by molar-refractivity contribution is 5.91. The quantitative estimate of drug-likeness (QED) is 0.381. The van der Waals surface area contributed by atoms with Gasteiger partial charge >= 0.3 is 11.9 Å². The normalized spacial score (nSPS) is 11.1. The van der Waals surface area contributed by atoms with Crippen molar-refractivity contribution in [2.24, 2.45) is 5.41 Å². The lowest BCUT2D eigenvalue weighted by Crippen LogP contribution is -2.21. The summed E-state index contributed by atoms with van der Waals surface area (Å²) in [6.45, 7) is 8.73. The molecule has 0 rings (SSSR count). The van der Waals surface area contributed by atoms with E-state index in [2.05, 4.69) is 6.92 Å². The van der Waals surface area contributed by atoms with Crippen molar-refractivity contribution in [2.45, 2.75) is 59.8 Å². The third-order valence-corrected chi connectivity index (χ3v) is 2.22. The molecule has 0 fully saturated rings. The first-order valence-corrected chi connectivity index (χ1v) is 6.66. The van der Waals surface area contributed by atoms with E-state index in [1.54, 1.807) is 0 Å². The first kappa shape index (κ1) is 16.9. The highest BCUT2D eigenvalue weighted by Gasteiger charge is 2.16. The molecular weight excluding hydrogens is 232 g/mol. The number of esters is 2. The zero-order valence-electron chi connectivity index (χ0n) is 12.1. The number of unbranched alkanes of at least 4 members (excludes halogenated alkanes) is 3. The fraction of sp³-hybridized carbons (Fsp3) is 0.857. The van der Waals surface area contributed by atoms with E-state index in [9.17, 15) is 9.59 Å². The SMILES string of the molecule is CCCCCCOC(=O)CC(=O)OCC(C)(C)C. The van der Waals surface area contributed by atoms with Crippen LogP contribution in [0, 0.1) is 5.41 Å². The van der Waals surface area contributed by atoms with Crippen molar-refractivity contribution in [3.63, 3.8) is 0 Å². The molecule has 0 radical (unpaired) electrons. The molecule has 0 aromatic rings. The van der Waals surface area contributed by atoms with E-state index in [0.29, 0.717) is 13.2 Å².